The Kier molecular flexibility index (Phi) is 4.83. The average Bonchev–Trinajstić information content (AvgIpc) is 3.05. The fourth-order valence-electron chi connectivity index (χ4n) is 2.42. The zero-order chi connectivity index (χ0) is 17.8. The molecule has 130 valence electrons. The summed E-state index contributed by atoms with van der Waals surface area (Å²) in [6, 6.07) is 13.1. The predicted octanol–water partition coefficient (Wildman–Crippen LogP) is 1.74. The summed E-state index contributed by atoms with van der Waals surface area (Å²) >= 11 is 0. The molecule has 0 saturated heterocycles. The van der Waals surface area contributed by atoms with E-state index in [0.717, 1.165) is 5.56 Å². The van der Waals surface area contributed by atoms with E-state index in [1.165, 1.54) is 25.1 Å². The molecule has 1 aliphatic heterocycles. The average molecular weight is 344 g/mol. The first-order valence-corrected chi connectivity index (χ1v) is 7.80. The molecule has 1 heterocycles. The number of fused-ring (bicyclic) bond motifs is 1. The summed E-state index contributed by atoms with van der Waals surface area (Å²) in [4.78, 5) is 24.1. The normalized spacial score (nSPS) is 16.3. The fraction of sp³-hybridized carbons (Fsp3) is 0.222. The van der Waals surface area contributed by atoms with Gasteiger partial charge in [0, 0.05) is 6.42 Å². The van der Waals surface area contributed by atoms with Crippen LogP contribution in [0.15, 0.2) is 48.5 Å². The first kappa shape index (κ1) is 16.8. The Labute approximate surface area is 143 Å². The van der Waals surface area contributed by atoms with Gasteiger partial charge in [-0.15, -0.1) is 0 Å². The van der Waals surface area contributed by atoms with Crippen molar-refractivity contribution in [3.63, 3.8) is 0 Å². The van der Waals surface area contributed by atoms with Gasteiger partial charge in [0.05, 0.1) is 0 Å². The Morgan fingerprint density at radius 2 is 1.88 bits per heavy atom. The highest BCUT2D eigenvalue weighted by atomic mass is 19.1. The van der Waals surface area contributed by atoms with Crippen molar-refractivity contribution in [1.82, 2.24) is 10.9 Å². The Balaban J connectivity index is 1.49. The van der Waals surface area contributed by atoms with Crippen LogP contribution in [0, 0.1) is 5.82 Å². The van der Waals surface area contributed by atoms with Crippen LogP contribution in [0.2, 0.25) is 0 Å². The van der Waals surface area contributed by atoms with Crippen molar-refractivity contribution in [2.75, 3.05) is 0 Å². The zero-order valence-electron chi connectivity index (χ0n) is 13.5. The number of hydrogen-bond acceptors (Lipinski definition) is 4. The topological polar surface area (TPSA) is 76.7 Å². The lowest BCUT2D eigenvalue weighted by Gasteiger charge is -2.16. The Hall–Kier alpha value is -3.09. The van der Waals surface area contributed by atoms with E-state index in [-0.39, 0.29) is 5.75 Å². The molecule has 2 aromatic carbocycles. The molecule has 2 amide bonds. The molecule has 2 N–H and O–H groups in total. The lowest BCUT2D eigenvalue weighted by molar-refractivity contribution is -0.135. The minimum atomic E-state index is -0.987. The van der Waals surface area contributed by atoms with Crippen LogP contribution < -0.4 is 20.3 Å². The second-order valence-electron chi connectivity index (χ2n) is 5.59. The Morgan fingerprint density at radius 1 is 1.16 bits per heavy atom. The fourth-order valence-corrected chi connectivity index (χ4v) is 2.42. The smallest absolute Gasteiger partial charge is 0.279 e. The number of nitrogens with one attached hydrogen (secondary N) is 2. The summed E-state index contributed by atoms with van der Waals surface area (Å²) in [5.74, 6) is -1.02. The van der Waals surface area contributed by atoms with Gasteiger partial charge in [-0.25, -0.2) is 4.39 Å². The molecule has 0 aliphatic carbocycles. The summed E-state index contributed by atoms with van der Waals surface area (Å²) in [6.07, 6.45) is -1.27. The molecule has 1 aliphatic rings. The van der Waals surface area contributed by atoms with Crippen molar-refractivity contribution in [1.29, 1.82) is 0 Å². The second kappa shape index (κ2) is 7.21. The third-order valence-corrected chi connectivity index (χ3v) is 3.76. The van der Waals surface area contributed by atoms with Gasteiger partial charge in [-0.05, 0) is 30.7 Å². The molecule has 6 nitrogen and oxygen atoms in total. The number of benzene rings is 2. The van der Waals surface area contributed by atoms with Crippen molar-refractivity contribution in [2.45, 2.75) is 25.6 Å². The summed E-state index contributed by atoms with van der Waals surface area (Å²) in [5.41, 5.74) is 5.50. The zero-order valence-corrected chi connectivity index (χ0v) is 13.5. The summed E-state index contributed by atoms with van der Waals surface area (Å²) < 4.78 is 24.3. The molecular weight excluding hydrogens is 327 g/mol. The maximum absolute atomic E-state index is 13.5. The van der Waals surface area contributed by atoms with Crippen molar-refractivity contribution in [3.05, 3.63) is 59.9 Å². The largest absolute Gasteiger partial charge is 0.480 e. The van der Waals surface area contributed by atoms with E-state index in [2.05, 4.69) is 10.9 Å². The number of hydrogen-bond donors (Lipinski definition) is 2. The van der Waals surface area contributed by atoms with Crippen molar-refractivity contribution >= 4 is 11.8 Å². The minimum Gasteiger partial charge on any atom is -0.480 e. The SMILES string of the molecule is C[C@@H](Oc1ccccc1F)C(=O)NNC(=O)[C@H]1Cc2ccccc2O1. The third kappa shape index (κ3) is 3.88. The molecule has 25 heavy (non-hydrogen) atoms. The Bertz CT molecular complexity index is 771. The molecule has 0 spiro atoms. The van der Waals surface area contributed by atoms with Crippen molar-refractivity contribution < 1.29 is 23.5 Å². The van der Waals surface area contributed by atoms with Crippen LogP contribution in [0.3, 0.4) is 0 Å². The minimum absolute atomic E-state index is 0.0361. The van der Waals surface area contributed by atoms with E-state index in [9.17, 15) is 14.0 Å². The third-order valence-electron chi connectivity index (χ3n) is 3.76. The highest BCUT2D eigenvalue weighted by Crippen LogP contribution is 2.28. The van der Waals surface area contributed by atoms with Gasteiger partial charge in [0.25, 0.3) is 11.8 Å². The van der Waals surface area contributed by atoms with E-state index in [1.807, 2.05) is 18.2 Å². The van der Waals surface area contributed by atoms with Crippen LogP contribution in [0.5, 0.6) is 11.5 Å². The molecular formula is C18H17FN2O4. The van der Waals surface area contributed by atoms with E-state index in [1.54, 1.807) is 12.1 Å². The van der Waals surface area contributed by atoms with Gasteiger partial charge in [0.1, 0.15) is 5.75 Å². The summed E-state index contributed by atoms with van der Waals surface area (Å²) in [7, 11) is 0. The summed E-state index contributed by atoms with van der Waals surface area (Å²) in [5, 5.41) is 0. The second-order valence-corrected chi connectivity index (χ2v) is 5.59. The number of carbonyl (C=O) groups is 2. The van der Waals surface area contributed by atoms with Gasteiger partial charge in [-0.2, -0.15) is 0 Å². The van der Waals surface area contributed by atoms with E-state index >= 15 is 0 Å². The number of para-hydroxylation sites is 2. The molecule has 2 atom stereocenters. The van der Waals surface area contributed by atoms with Crippen LogP contribution in [-0.4, -0.2) is 24.0 Å². The van der Waals surface area contributed by atoms with E-state index < -0.39 is 29.8 Å². The molecule has 0 unspecified atom stereocenters. The highest BCUT2D eigenvalue weighted by Gasteiger charge is 2.29. The van der Waals surface area contributed by atoms with Crippen LogP contribution in [-0.2, 0) is 16.0 Å². The van der Waals surface area contributed by atoms with Crippen LogP contribution in [0.1, 0.15) is 12.5 Å². The van der Waals surface area contributed by atoms with Gasteiger partial charge < -0.3 is 9.47 Å². The van der Waals surface area contributed by atoms with Crippen LogP contribution in [0.4, 0.5) is 4.39 Å². The number of hydrazine groups is 1. The molecule has 0 bridgehead atoms. The van der Waals surface area contributed by atoms with Crippen molar-refractivity contribution in [3.8, 4) is 11.5 Å². The maximum atomic E-state index is 13.5. The van der Waals surface area contributed by atoms with E-state index in [4.69, 9.17) is 9.47 Å². The monoisotopic (exact) mass is 344 g/mol. The highest BCUT2D eigenvalue weighted by molar-refractivity contribution is 5.87. The van der Waals surface area contributed by atoms with Gasteiger partial charge in [-0.3, -0.25) is 20.4 Å². The van der Waals surface area contributed by atoms with Gasteiger partial charge in [0.2, 0.25) is 0 Å². The molecule has 0 saturated carbocycles. The molecule has 0 radical (unpaired) electrons. The van der Waals surface area contributed by atoms with Gasteiger partial charge in [0.15, 0.2) is 23.8 Å². The van der Waals surface area contributed by atoms with Gasteiger partial charge >= 0.3 is 0 Å². The number of carbonyl (C=O) groups excluding carboxylic acids is 2. The van der Waals surface area contributed by atoms with E-state index in [0.29, 0.717) is 12.2 Å². The predicted molar refractivity (Wildman–Crippen MR) is 87.3 cm³/mol. The lowest BCUT2D eigenvalue weighted by Crippen LogP contribution is -2.51. The quantitative estimate of drug-likeness (QED) is 0.829. The summed E-state index contributed by atoms with van der Waals surface area (Å²) in [6.45, 7) is 1.45. The molecule has 0 fully saturated rings. The first-order chi connectivity index (χ1) is 12.0. The standard InChI is InChI=1S/C18H17FN2O4/c1-11(24-15-9-5-3-7-13(15)19)17(22)20-21-18(23)16-10-12-6-2-4-8-14(12)25-16/h2-9,11,16H,10H2,1H3,(H,20,22)(H,21,23)/t11-,16-/m1/s1. The molecule has 3 rings (SSSR count). The number of halogens is 1. The Morgan fingerprint density at radius 3 is 2.64 bits per heavy atom. The molecule has 7 heteroatoms. The molecule has 0 aromatic heterocycles. The van der Waals surface area contributed by atoms with Crippen LogP contribution in [0.25, 0.3) is 0 Å². The van der Waals surface area contributed by atoms with Gasteiger partial charge in [-0.1, -0.05) is 30.3 Å². The number of amides is 2. The first-order valence-electron chi connectivity index (χ1n) is 7.80. The molecule has 2 aromatic rings. The number of ether oxygens (including phenoxy) is 2. The maximum Gasteiger partial charge on any atom is 0.279 e. The number of rotatable bonds is 4. The van der Waals surface area contributed by atoms with Crippen LogP contribution >= 0.6 is 0 Å². The van der Waals surface area contributed by atoms with Crippen molar-refractivity contribution in [2.24, 2.45) is 0 Å². The lowest BCUT2D eigenvalue weighted by atomic mass is 10.1.